The molecular weight excluding hydrogens is 519 g/mol. The number of nitrogens with zero attached hydrogens (tertiary/aromatic N) is 2. The van der Waals surface area contributed by atoms with Crippen molar-refractivity contribution in [2.75, 3.05) is 13.7 Å². The smallest absolute Gasteiger partial charge is 0.277 e. The van der Waals surface area contributed by atoms with Crippen molar-refractivity contribution in [1.82, 2.24) is 9.80 Å². The van der Waals surface area contributed by atoms with Crippen LogP contribution in [0.3, 0.4) is 0 Å². The van der Waals surface area contributed by atoms with Crippen LogP contribution in [0.4, 0.5) is 4.39 Å². The minimum atomic E-state index is -0.287. The molecule has 180 valence electrons. The van der Waals surface area contributed by atoms with Gasteiger partial charge in [0.25, 0.3) is 5.91 Å². The van der Waals surface area contributed by atoms with Gasteiger partial charge in [-0.3, -0.25) is 9.69 Å². The maximum Gasteiger partial charge on any atom is 0.277 e. The minimum Gasteiger partial charge on any atom is -0.490 e. The number of thiocarbonyl (C=S) groups is 1. The van der Waals surface area contributed by atoms with Gasteiger partial charge in [-0.2, -0.15) is 0 Å². The molecule has 0 atom stereocenters. The Bertz CT molecular complexity index is 1100. The van der Waals surface area contributed by atoms with E-state index in [0.717, 1.165) is 36.8 Å². The highest BCUT2D eigenvalue weighted by molar-refractivity contribution is 9.10. The number of carbonyl (C=O) groups is 1. The molecule has 0 unspecified atom stereocenters. The fraction of sp³-hybridized carbons (Fsp3) is 0.385. The van der Waals surface area contributed by atoms with Gasteiger partial charge in [-0.1, -0.05) is 31.4 Å². The molecule has 0 bridgehead atoms. The number of ether oxygens (including phenoxy) is 2. The second-order valence-corrected chi connectivity index (χ2v) is 9.74. The molecule has 0 spiro atoms. The van der Waals surface area contributed by atoms with Gasteiger partial charge in [0, 0.05) is 13.1 Å². The van der Waals surface area contributed by atoms with Crippen LogP contribution in [-0.2, 0) is 11.4 Å². The largest absolute Gasteiger partial charge is 0.490 e. The van der Waals surface area contributed by atoms with Crippen molar-refractivity contribution >= 4 is 45.2 Å². The summed E-state index contributed by atoms with van der Waals surface area (Å²) in [6.07, 6.45) is 7.30. The minimum absolute atomic E-state index is 0.0508. The lowest BCUT2D eigenvalue weighted by atomic mass is 9.94. The van der Waals surface area contributed by atoms with Gasteiger partial charge < -0.3 is 14.4 Å². The monoisotopic (exact) mass is 546 g/mol. The van der Waals surface area contributed by atoms with Crippen LogP contribution in [0.25, 0.3) is 6.08 Å². The first kappa shape index (κ1) is 24.7. The van der Waals surface area contributed by atoms with Gasteiger partial charge in [0.2, 0.25) is 0 Å². The fourth-order valence-electron chi connectivity index (χ4n) is 4.41. The molecule has 1 aliphatic carbocycles. The zero-order valence-corrected chi connectivity index (χ0v) is 21.8. The van der Waals surface area contributed by atoms with Crippen molar-refractivity contribution in [1.29, 1.82) is 0 Å². The summed E-state index contributed by atoms with van der Waals surface area (Å²) in [5.74, 6) is 0.778. The van der Waals surface area contributed by atoms with Gasteiger partial charge in [0.05, 0.1) is 11.1 Å². The van der Waals surface area contributed by atoms with Crippen LogP contribution in [-0.4, -0.2) is 40.5 Å². The molecular formula is C26H28BrFN2O3S. The Morgan fingerprint density at radius 3 is 2.53 bits per heavy atom. The summed E-state index contributed by atoms with van der Waals surface area (Å²) in [6.45, 7) is 2.63. The molecule has 1 heterocycles. The molecule has 0 radical (unpaired) electrons. The molecule has 1 amide bonds. The zero-order chi connectivity index (χ0) is 24.2. The van der Waals surface area contributed by atoms with Crippen LogP contribution in [0.1, 0.15) is 50.2 Å². The number of hydrogen-bond donors (Lipinski definition) is 0. The predicted molar refractivity (Wildman–Crippen MR) is 138 cm³/mol. The number of carbonyl (C=O) groups excluding carboxylic acids is 1. The normalized spacial score (nSPS) is 18.2. The number of amides is 1. The molecule has 5 nitrogen and oxygen atoms in total. The molecule has 2 fully saturated rings. The van der Waals surface area contributed by atoms with E-state index in [-0.39, 0.29) is 24.4 Å². The maximum absolute atomic E-state index is 13.3. The summed E-state index contributed by atoms with van der Waals surface area (Å²) in [5.41, 5.74) is 2.19. The Kier molecular flexibility index (Phi) is 7.88. The van der Waals surface area contributed by atoms with Crippen LogP contribution in [0.5, 0.6) is 11.5 Å². The van der Waals surface area contributed by atoms with Crippen LogP contribution < -0.4 is 9.47 Å². The van der Waals surface area contributed by atoms with E-state index in [9.17, 15) is 9.18 Å². The quantitative estimate of drug-likeness (QED) is 0.301. The third-order valence-corrected chi connectivity index (χ3v) is 7.22. The van der Waals surface area contributed by atoms with Crippen molar-refractivity contribution in [3.05, 3.63) is 63.5 Å². The Morgan fingerprint density at radius 2 is 1.85 bits per heavy atom. The molecule has 34 heavy (non-hydrogen) atoms. The molecule has 2 aliphatic rings. The van der Waals surface area contributed by atoms with E-state index in [0.29, 0.717) is 33.4 Å². The van der Waals surface area contributed by atoms with Crippen molar-refractivity contribution in [3.63, 3.8) is 0 Å². The number of benzene rings is 2. The van der Waals surface area contributed by atoms with E-state index in [1.807, 2.05) is 32.2 Å². The number of rotatable bonds is 7. The van der Waals surface area contributed by atoms with Crippen LogP contribution in [0.2, 0.25) is 0 Å². The van der Waals surface area contributed by atoms with Crippen LogP contribution in [0, 0.1) is 5.82 Å². The lowest BCUT2D eigenvalue weighted by molar-refractivity contribution is -0.124. The van der Waals surface area contributed by atoms with Gasteiger partial charge in [0.1, 0.15) is 18.1 Å². The first-order chi connectivity index (χ1) is 16.4. The first-order valence-electron chi connectivity index (χ1n) is 11.6. The molecule has 1 aliphatic heterocycles. The van der Waals surface area contributed by atoms with E-state index < -0.39 is 0 Å². The van der Waals surface area contributed by atoms with Crippen molar-refractivity contribution in [3.8, 4) is 11.5 Å². The van der Waals surface area contributed by atoms with Crippen molar-refractivity contribution < 1.29 is 18.7 Å². The number of halogens is 2. The molecule has 8 heteroatoms. The summed E-state index contributed by atoms with van der Waals surface area (Å²) >= 11 is 9.22. The average molecular weight is 547 g/mol. The molecule has 4 rings (SSSR count). The topological polar surface area (TPSA) is 42.0 Å². The van der Waals surface area contributed by atoms with E-state index >= 15 is 0 Å². The van der Waals surface area contributed by atoms with Crippen LogP contribution >= 0.6 is 28.1 Å². The molecule has 1 saturated carbocycles. The molecule has 0 aromatic heterocycles. The SMILES string of the molecule is CCOc1cc(/C=C2/C(=O)N(C3CCCCC3)C(=S)N2C)cc(Br)c1OCc1ccc(F)cc1. The molecule has 0 N–H and O–H groups in total. The van der Waals surface area contributed by atoms with E-state index in [1.165, 1.54) is 18.6 Å². The summed E-state index contributed by atoms with van der Waals surface area (Å²) < 4.78 is 25.7. The summed E-state index contributed by atoms with van der Waals surface area (Å²) in [4.78, 5) is 16.9. The van der Waals surface area contributed by atoms with Gasteiger partial charge >= 0.3 is 0 Å². The highest BCUT2D eigenvalue weighted by Gasteiger charge is 2.40. The Hall–Kier alpha value is -2.45. The van der Waals surface area contributed by atoms with Gasteiger partial charge in [-0.25, -0.2) is 4.39 Å². The fourth-order valence-corrected chi connectivity index (χ4v) is 5.31. The number of hydrogen-bond acceptors (Lipinski definition) is 4. The second-order valence-electron chi connectivity index (χ2n) is 8.52. The standard InChI is InChI=1S/C26H28BrFN2O3S/c1-3-32-23-15-18(13-21(27)24(23)33-16-17-9-11-19(28)12-10-17)14-22-25(31)30(26(34)29(22)2)20-7-5-4-6-8-20/h9-15,20H,3-8,16H2,1-2H3/b22-14-. The van der Waals surface area contributed by atoms with Crippen molar-refractivity contribution in [2.45, 2.75) is 51.7 Å². The van der Waals surface area contributed by atoms with Gasteiger partial charge in [-0.15, -0.1) is 0 Å². The molecule has 2 aromatic rings. The van der Waals surface area contributed by atoms with Gasteiger partial charge in [-0.05, 0) is 89.4 Å². The summed E-state index contributed by atoms with van der Waals surface area (Å²) in [7, 11) is 1.84. The highest BCUT2D eigenvalue weighted by Crippen LogP contribution is 2.39. The summed E-state index contributed by atoms with van der Waals surface area (Å²) in [6, 6.07) is 10.1. The second kappa shape index (κ2) is 10.9. The molecule has 1 saturated heterocycles. The third kappa shape index (κ3) is 5.28. The lowest BCUT2D eigenvalue weighted by Crippen LogP contribution is -2.41. The van der Waals surface area contributed by atoms with Gasteiger partial charge in [0.15, 0.2) is 16.6 Å². The Labute approximate surface area is 213 Å². The van der Waals surface area contributed by atoms with E-state index in [1.54, 1.807) is 21.9 Å². The predicted octanol–water partition coefficient (Wildman–Crippen LogP) is 6.30. The Balaban J connectivity index is 1.59. The van der Waals surface area contributed by atoms with Crippen LogP contribution in [0.15, 0.2) is 46.6 Å². The lowest BCUT2D eigenvalue weighted by Gasteiger charge is -2.30. The Morgan fingerprint density at radius 1 is 1.15 bits per heavy atom. The average Bonchev–Trinajstić information content (AvgIpc) is 3.03. The maximum atomic E-state index is 13.3. The summed E-state index contributed by atoms with van der Waals surface area (Å²) in [5, 5.41) is 0.562. The van der Waals surface area contributed by atoms with E-state index in [4.69, 9.17) is 21.7 Å². The highest BCUT2D eigenvalue weighted by atomic mass is 79.9. The first-order valence-corrected chi connectivity index (χ1v) is 12.8. The van der Waals surface area contributed by atoms with Crippen molar-refractivity contribution in [2.24, 2.45) is 0 Å². The van der Waals surface area contributed by atoms with E-state index in [2.05, 4.69) is 15.9 Å². The zero-order valence-electron chi connectivity index (χ0n) is 19.4. The third-order valence-electron chi connectivity index (χ3n) is 6.16. The number of likely N-dealkylation sites (N-methyl/N-ethyl adjacent to an activating group) is 1. The molecule has 2 aromatic carbocycles.